The average molecular weight is 469 g/mol. The van der Waals surface area contributed by atoms with E-state index < -0.39 is 23.6 Å². The van der Waals surface area contributed by atoms with Crippen LogP contribution in [0.3, 0.4) is 0 Å². The highest BCUT2D eigenvalue weighted by atomic mass is 35.5. The highest BCUT2D eigenvalue weighted by Crippen LogP contribution is 2.29. The predicted octanol–water partition coefficient (Wildman–Crippen LogP) is 2.73. The van der Waals surface area contributed by atoms with Crippen LogP contribution in [0.5, 0.6) is 0 Å². The van der Waals surface area contributed by atoms with Gasteiger partial charge in [-0.3, -0.25) is 9.59 Å². The van der Waals surface area contributed by atoms with E-state index >= 15 is 0 Å². The van der Waals surface area contributed by atoms with Gasteiger partial charge in [0.2, 0.25) is 5.91 Å². The molecule has 0 aromatic heterocycles. The molecule has 2 amide bonds. The van der Waals surface area contributed by atoms with E-state index in [9.17, 15) is 22.8 Å². The molecule has 4 N–H and O–H groups in total. The summed E-state index contributed by atoms with van der Waals surface area (Å²) in [7, 11) is 0. The molecule has 2 aromatic carbocycles. The van der Waals surface area contributed by atoms with Crippen molar-refractivity contribution in [3.05, 3.63) is 70.2 Å². The number of benzene rings is 2. The standard InChI is InChI=1S/C22H24ClF3N4O2/c23-17-6-4-14(5-7-17)11-28-18-8-9-27-12-19(18)30-20(31)13-29-21(32)15-2-1-3-16(10-15)22(24,25)26/h1-7,10,18-19,27-28H,8-9,11-13H2,(H,29,32)(H,30,31). The van der Waals surface area contributed by atoms with Crippen molar-refractivity contribution in [3.63, 3.8) is 0 Å². The first-order chi connectivity index (χ1) is 15.2. The summed E-state index contributed by atoms with van der Waals surface area (Å²) in [6.07, 6.45) is -3.75. The average Bonchev–Trinajstić information content (AvgIpc) is 2.77. The second-order valence-electron chi connectivity index (χ2n) is 7.54. The molecule has 1 fully saturated rings. The third-order valence-electron chi connectivity index (χ3n) is 5.17. The summed E-state index contributed by atoms with van der Waals surface area (Å²) >= 11 is 5.90. The molecule has 172 valence electrons. The van der Waals surface area contributed by atoms with Gasteiger partial charge in [0.25, 0.3) is 5.91 Å². The van der Waals surface area contributed by atoms with Gasteiger partial charge in [0.15, 0.2) is 0 Å². The number of hydrogen-bond donors (Lipinski definition) is 4. The first-order valence-electron chi connectivity index (χ1n) is 10.2. The number of alkyl halides is 3. The number of amides is 2. The van der Waals surface area contributed by atoms with Crippen LogP contribution >= 0.6 is 11.6 Å². The van der Waals surface area contributed by atoms with Gasteiger partial charge in [-0.05, 0) is 48.9 Å². The number of halogens is 4. The van der Waals surface area contributed by atoms with Gasteiger partial charge < -0.3 is 21.3 Å². The Kier molecular flexibility index (Phi) is 8.11. The molecule has 0 radical (unpaired) electrons. The molecular formula is C22H24ClF3N4O2. The van der Waals surface area contributed by atoms with E-state index in [2.05, 4.69) is 21.3 Å². The number of hydrogen-bond acceptors (Lipinski definition) is 4. The maximum atomic E-state index is 12.8. The molecule has 0 saturated carbocycles. The van der Waals surface area contributed by atoms with E-state index in [0.29, 0.717) is 18.1 Å². The molecule has 32 heavy (non-hydrogen) atoms. The summed E-state index contributed by atoms with van der Waals surface area (Å²) < 4.78 is 38.5. The molecule has 1 saturated heterocycles. The molecule has 10 heteroatoms. The topological polar surface area (TPSA) is 82.3 Å². The Bertz CT molecular complexity index is 938. The van der Waals surface area contributed by atoms with E-state index in [-0.39, 0.29) is 24.2 Å². The second kappa shape index (κ2) is 10.8. The van der Waals surface area contributed by atoms with Crippen LogP contribution in [-0.4, -0.2) is 43.5 Å². The lowest BCUT2D eigenvalue weighted by Gasteiger charge is -2.33. The molecule has 2 aromatic rings. The zero-order valence-electron chi connectivity index (χ0n) is 17.1. The van der Waals surface area contributed by atoms with E-state index in [4.69, 9.17) is 11.6 Å². The van der Waals surface area contributed by atoms with Gasteiger partial charge in [0.05, 0.1) is 18.2 Å². The summed E-state index contributed by atoms with van der Waals surface area (Å²) in [6.45, 7) is 1.64. The first kappa shape index (κ1) is 24.0. The minimum Gasteiger partial charge on any atom is -0.349 e. The fourth-order valence-corrected chi connectivity index (χ4v) is 3.59. The Hall–Kier alpha value is -2.62. The molecule has 1 aliphatic rings. The van der Waals surface area contributed by atoms with Crippen molar-refractivity contribution in [3.8, 4) is 0 Å². The zero-order valence-corrected chi connectivity index (χ0v) is 17.9. The van der Waals surface area contributed by atoms with Gasteiger partial charge in [-0.25, -0.2) is 0 Å². The Morgan fingerprint density at radius 3 is 2.56 bits per heavy atom. The fourth-order valence-electron chi connectivity index (χ4n) is 3.46. The van der Waals surface area contributed by atoms with Gasteiger partial charge in [-0.2, -0.15) is 13.2 Å². The molecule has 0 bridgehead atoms. The van der Waals surface area contributed by atoms with E-state index in [1.165, 1.54) is 6.07 Å². The van der Waals surface area contributed by atoms with Crippen molar-refractivity contribution >= 4 is 23.4 Å². The fraction of sp³-hybridized carbons (Fsp3) is 0.364. The van der Waals surface area contributed by atoms with Crippen molar-refractivity contribution < 1.29 is 22.8 Å². The van der Waals surface area contributed by atoms with E-state index in [0.717, 1.165) is 36.7 Å². The third kappa shape index (κ3) is 6.94. The van der Waals surface area contributed by atoms with Crippen molar-refractivity contribution in [1.29, 1.82) is 0 Å². The van der Waals surface area contributed by atoms with Gasteiger partial charge in [-0.1, -0.05) is 29.8 Å². The molecule has 3 rings (SSSR count). The molecule has 2 unspecified atom stereocenters. The smallest absolute Gasteiger partial charge is 0.349 e. The van der Waals surface area contributed by atoms with Crippen LogP contribution in [0.15, 0.2) is 48.5 Å². The molecule has 6 nitrogen and oxygen atoms in total. The number of rotatable bonds is 7. The van der Waals surface area contributed by atoms with Gasteiger partial charge in [-0.15, -0.1) is 0 Å². The summed E-state index contributed by atoms with van der Waals surface area (Å²) in [4.78, 5) is 24.5. The highest BCUT2D eigenvalue weighted by Gasteiger charge is 2.31. The van der Waals surface area contributed by atoms with Crippen LogP contribution in [-0.2, 0) is 17.5 Å². The molecule has 1 heterocycles. The highest BCUT2D eigenvalue weighted by molar-refractivity contribution is 6.30. The monoisotopic (exact) mass is 468 g/mol. The summed E-state index contributed by atoms with van der Waals surface area (Å²) in [5.41, 5.74) is -0.0155. The number of carbonyl (C=O) groups is 2. The van der Waals surface area contributed by atoms with Crippen LogP contribution in [0.25, 0.3) is 0 Å². The quantitative estimate of drug-likeness (QED) is 0.503. The van der Waals surface area contributed by atoms with Crippen molar-refractivity contribution in [2.45, 2.75) is 31.2 Å². The van der Waals surface area contributed by atoms with E-state index in [1.807, 2.05) is 24.3 Å². The largest absolute Gasteiger partial charge is 0.416 e. The lowest BCUT2D eigenvalue weighted by Crippen LogP contribution is -2.59. The Balaban J connectivity index is 1.50. The van der Waals surface area contributed by atoms with Gasteiger partial charge in [0, 0.05) is 29.7 Å². The summed E-state index contributed by atoms with van der Waals surface area (Å²) in [5, 5.41) is 12.6. The van der Waals surface area contributed by atoms with Crippen LogP contribution in [0.2, 0.25) is 5.02 Å². The molecular weight excluding hydrogens is 445 g/mol. The lowest BCUT2D eigenvalue weighted by molar-refractivity contribution is -0.137. The normalized spacial score (nSPS) is 18.8. The van der Waals surface area contributed by atoms with Crippen molar-refractivity contribution in [2.75, 3.05) is 19.6 Å². The SMILES string of the molecule is O=C(CNC(=O)c1cccc(C(F)(F)F)c1)NC1CNCCC1NCc1ccc(Cl)cc1. The second-order valence-corrected chi connectivity index (χ2v) is 7.98. The van der Waals surface area contributed by atoms with Crippen molar-refractivity contribution in [1.82, 2.24) is 21.3 Å². The minimum atomic E-state index is -4.55. The van der Waals surface area contributed by atoms with Crippen molar-refractivity contribution in [2.24, 2.45) is 0 Å². The molecule has 0 spiro atoms. The Morgan fingerprint density at radius 1 is 1.09 bits per heavy atom. The zero-order chi connectivity index (χ0) is 23.1. The van der Waals surface area contributed by atoms with Crippen LogP contribution in [0.4, 0.5) is 13.2 Å². The first-order valence-corrected chi connectivity index (χ1v) is 10.5. The summed E-state index contributed by atoms with van der Waals surface area (Å²) in [5.74, 6) is -1.16. The van der Waals surface area contributed by atoms with Crippen LogP contribution in [0, 0.1) is 0 Å². The molecule has 1 aliphatic heterocycles. The predicted molar refractivity (Wildman–Crippen MR) is 115 cm³/mol. The number of nitrogens with one attached hydrogen (secondary N) is 4. The Morgan fingerprint density at radius 2 is 1.84 bits per heavy atom. The lowest BCUT2D eigenvalue weighted by atomic mass is 10.00. The maximum absolute atomic E-state index is 12.8. The van der Waals surface area contributed by atoms with Gasteiger partial charge >= 0.3 is 6.18 Å². The number of carbonyl (C=O) groups excluding carboxylic acids is 2. The summed E-state index contributed by atoms with van der Waals surface area (Å²) in [6, 6.07) is 11.4. The molecule has 0 aliphatic carbocycles. The molecule has 2 atom stereocenters. The van der Waals surface area contributed by atoms with E-state index in [1.54, 1.807) is 0 Å². The van der Waals surface area contributed by atoms with Crippen LogP contribution in [0.1, 0.15) is 27.9 Å². The number of piperidine rings is 1. The minimum absolute atomic E-state index is 0.0232. The Labute approximate surface area is 188 Å². The van der Waals surface area contributed by atoms with Crippen LogP contribution < -0.4 is 21.3 Å². The third-order valence-corrected chi connectivity index (χ3v) is 5.42. The van der Waals surface area contributed by atoms with Gasteiger partial charge in [0.1, 0.15) is 0 Å². The maximum Gasteiger partial charge on any atom is 0.416 e.